The first-order valence-electron chi connectivity index (χ1n) is 8.28. The van der Waals surface area contributed by atoms with Crippen LogP contribution in [0.2, 0.25) is 0 Å². The van der Waals surface area contributed by atoms with E-state index in [1.54, 1.807) is 25.3 Å². The van der Waals surface area contributed by atoms with Gasteiger partial charge in [-0.3, -0.25) is 4.79 Å². The van der Waals surface area contributed by atoms with Crippen LogP contribution in [0.25, 0.3) is 0 Å². The molecule has 1 fully saturated rings. The number of ether oxygens (including phenoxy) is 2. The average molecular weight is 305 g/mol. The third kappa shape index (κ3) is 4.47. The van der Waals surface area contributed by atoms with Crippen molar-refractivity contribution < 1.29 is 14.3 Å². The van der Waals surface area contributed by atoms with Crippen LogP contribution in [0.15, 0.2) is 18.2 Å². The van der Waals surface area contributed by atoms with Crippen molar-refractivity contribution in [2.24, 2.45) is 0 Å². The molecule has 1 unspecified atom stereocenters. The monoisotopic (exact) mass is 305 g/mol. The Morgan fingerprint density at radius 2 is 2.18 bits per heavy atom. The van der Waals surface area contributed by atoms with E-state index >= 15 is 0 Å². The fourth-order valence-electron chi connectivity index (χ4n) is 3.14. The van der Waals surface area contributed by atoms with Crippen LogP contribution in [0.3, 0.4) is 0 Å². The van der Waals surface area contributed by atoms with E-state index in [1.165, 1.54) is 32.2 Å². The highest BCUT2D eigenvalue weighted by molar-refractivity contribution is 5.76. The van der Waals surface area contributed by atoms with E-state index in [0.717, 1.165) is 25.3 Å². The Morgan fingerprint density at radius 3 is 2.91 bits per heavy atom. The molecule has 0 bridgehead atoms. The number of aldehydes is 1. The van der Waals surface area contributed by atoms with Gasteiger partial charge >= 0.3 is 0 Å². The summed E-state index contributed by atoms with van der Waals surface area (Å²) in [5.74, 6) is 1.33. The molecule has 4 heteroatoms. The van der Waals surface area contributed by atoms with Gasteiger partial charge in [-0.1, -0.05) is 13.3 Å². The molecule has 1 aliphatic heterocycles. The van der Waals surface area contributed by atoms with Crippen LogP contribution in [0.4, 0.5) is 0 Å². The summed E-state index contributed by atoms with van der Waals surface area (Å²) in [6.07, 6.45) is 7.08. The molecule has 0 N–H and O–H groups in total. The standard InChI is InChI=1S/C18H27NO3/c1-3-16-7-4-5-10-19(16)11-6-12-22-17-9-8-15(14-20)13-18(17)21-2/h8-9,13-14,16H,3-7,10-12H2,1-2H3. The minimum Gasteiger partial charge on any atom is -0.493 e. The number of benzene rings is 1. The van der Waals surface area contributed by atoms with Gasteiger partial charge in [0.1, 0.15) is 6.29 Å². The Balaban J connectivity index is 1.79. The second kappa shape index (κ2) is 8.79. The molecule has 2 rings (SSSR count). The second-order valence-corrected chi connectivity index (χ2v) is 5.82. The van der Waals surface area contributed by atoms with E-state index in [9.17, 15) is 4.79 Å². The van der Waals surface area contributed by atoms with Crippen molar-refractivity contribution in [3.63, 3.8) is 0 Å². The number of methoxy groups -OCH3 is 1. The predicted molar refractivity (Wildman–Crippen MR) is 88.0 cm³/mol. The van der Waals surface area contributed by atoms with Gasteiger partial charge in [0.05, 0.1) is 13.7 Å². The van der Waals surface area contributed by atoms with E-state index in [0.29, 0.717) is 23.7 Å². The topological polar surface area (TPSA) is 38.8 Å². The second-order valence-electron chi connectivity index (χ2n) is 5.82. The van der Waals surface area contributed by atoms with Crippen LogP contribution in [-0.4, -0.2) is 44.0 Å². The molecule has 0 amide bonds. The highest BCUT2D eigenvalue weighted by Gasteiger charge is 2.19. The van der Waals surface area contributed by atoms with Gasteiger partial charge in [0.25, 0.3) is 0 Å². The van der Waals surface area contributed by atoms with Gasteiger partial charge in [0, 0.05) is 18.2 Å². The minimum atomic E-state index is 0.600. The number of carbonyl (C=O) groups is 1. The molecule has 22 heavy (non-hydrogen) atoms. The Bertz CT molecular complexity index is 475. The maximum Gasteiger partial charge on any atom is 0.161 e. The lowest BCUT2D eigenvalue weighted by Crippen LogP contribution is -2.40. The summed E-state index contributed by atoms with van der Waals surface area (Å²) < 4.78 is 11.1. The largest absolute Gasteiger partial charge is 0.493 e. The van der Waals surface area contributed by atoms with Gasteiger partial charge in [-0.05, 0) is 50.4 Å². The zero-order valence-corrected chi connectivity index (χ0v) is 13.7. The number of hydrogen-bond acceptors (Lipinski definition) is 4. The van der Waals surface area contributed by atoms with Gasteiger partial charge in [0.15, 0.2) is 11.5 Å². The summed E-state index contributed by atoms with van der Waals surface area (Å²) in [5.41, 5.74) is 0.600. The third-order valence-corrected chi connectivity index (χ3v) is 4.39. The molecule has 4 nitrogen and oxygen atoms in total. The van der Waals surface area contributed by atoms with Gasteiger partial charge < -0.3 is 14.4 Å². The fraction of sp³-hybridized carbons (Fsp3) is 0.611. The smallest absolute Gasteiger partial charge is 0.161 e. The van der Waals surface area contributed by atoms with Crippen molar-refractivity contribution in [1.29, 1.82) is 0 Å². The van der Waals surface area contributed by atoms with Crippen molar-refractivity contribution in [3.05, 3.63) is 23.8 Å². The number of piperidine rings is 1. The molecule has 0 aliphatic carbocycles. The molecule has 1 atom stereocenters. The first kappa shape index (κ1) is 16.8. The lowest BCUT2D eigenvalue weighted by molar-refractivity contribution is 0.112. The van der Waals surface area contributed by atoms with E-state index in [2.05, 4.69) is 11.8 Å². The average Bonchev–Trinajstić information content (AvgIpc) is 2.59. The number of carbonyl (C=O) groups excluding carboxylic acids is 1. The summed E-state index contributed by atoms with van der Waals surface area (Å²) in [5, 5.41) is 0. The Hall–Kier alpha value is -1.55. The molecule has 0 saturated carbocycles. The van der Waals surface area contributed by atoms with Gasteiger partial charge in [-0.15, -0.1) is 0 Å². The van der Waals surface area contributed by atoms with Crippen LogP contribution in [-0.2, 0) is 0 Å². The first-order chi connectivity index (χ1) is 10.8. The van der Waals surface area contributed by atoms with E-state index in [1.807, 2.05) is 0 Å². The van der Waals surface area contributed by atoms with Crippen molar-refractivity contribution in [3.8, 4) is 11.5 Å². The maximum atomic E-state index is 10.8. The number of hydrogen-bond donors (Lipinski definition) is 0. The van der Waals surface area contributed by atoms with Crippen LogP contribution < -0.4 is 9.47 Å². The molecule has 0 radical (unpaired) electrons. The Morgan fingerprint density at radius 1 is 1.32 bits per heavy atom. The molecule has 122 valence electrons. The van der Waals surface area contributed by atoms with Crippen molar-refractivity contribution in [2.45, 2.75) is 45.1 Å². The van der Waals surface area contributed by atoms with E-state index < -0.39 is 0 Å². The summed E-state index contributed by atoms with van der Waals surface area (Å²) in [6.45, 7) is 5.26. The first-order valence-corrected chi connectivity index (χ1v) is 8.28. The SMILES string of the molecule is CCC1CCCCN1CCCOc1ccc(C=O)cc1OC. The van der Waals surface area contributed by atoms with Crippen LogP contribution in [0, 0.1) is 0 Å². The molecular formula is C18H27NO3. The van der Waals surface area contributed by atoms with Crippen molar-refractivity contribution in [2.75, 3.05) is 26.8 Å². The normalized spacial score (nSPS) is 18.9. The van der Waals surface area contributed by atoms with Crippen molar-refractivity contribution >= 4 is 6.29 Å². The number of rotatable bonds is 8. The highest BCUT2D eigenvalue weighted by Crippen LogP contribution is 2.27. The summed E-state index contributed by atoms with van der Waals surface area (Å²) in [4.78, 5) is 13.4. The third-order valence-electron chi connectivity index (χ3n) is 4.39. The lowest BCUT2D eigenvalue weighted by atomic mass is 10.00. The number of nitrogens with zero attached hydrogens (tertiary/aromatic N) is 1. The molecule has 1 saturated heterocycles. The van der Waals surface area contributed by atoms with E-state index in [-0.39, 0.29) is 0 Å². The van der Waals surface area contributed by atoms with Gasteiger partial charge in [-0.25, -0.2) is 0 Å². The quantitative estimate of drug-likeness (QED) is 0.544. The Kier molecular flexibility index (Phi) is 6.72. The number of likely N-dealkylation sites (tertiary alicyclic amines) is 1. The van der Waals surface area contributed by atoms with E-state index in [4.69, 9.17) is 9.47 Å². The van der Waals surface area contributed by atoms with Crippen molar-refractivity contribution in [1.82, 2.24) is 4.90 Å². The molecular weight excluding hydrogens is 278 g/mol. The lowest BCUT2D eigenvalue weighted by Gasteiger charge is -2.35. The fourth-order valence-corrected chi connectivity index (χ4v) is 3.14. The van der Waals surface area contributed by atoms with Crippen LogP contribution >= 0.6 is 0 Å². The molecule has 0 spiro atoms. The minimum absolute atomic E-state index is 0.600. The molecule has 1 heterocycles. The maximum absolute atomic E-state index is 10.8. The highest BCUT2D eigenvalue weighted by atomic mass is 16.5. The van der Waals surface area contributed by atoms with Crippen LogP contribution in [0.1, 0.15) is 49.4 Å². The van der Waals surface area contributed by atoms with Gasteiger partial charge in [-0.2, -0.15) is 0 Å². The zero-order valence-electron chi connectivity index (χ0n) is 13.7. The molecule has 1 aromatic carbocycles. The zero-order chi connectivity index (χ0) is 15.8. The molecule has 1 aliphatic rings. The summed E-state index contributed by atoms with van der Waals surface area (Å²) >= 11 is 0. The molecule has 1 aromatic rings. The molecule has 0 aromatic heterocycles. The predicted octanol–water partition coefficient (Wildman–Crippen LogP) is 3.54. The summed E-state index contributed by atoms with van der Waals surface area (Å²) in [6, 6.07) is 6.01. The van der Waals surface area contributed by atoms with Gasteiger partial charge in [0.2, 0.25) is 0 Å². The summed E-state index contributed by atoms with van der Waals surface area (Å²) in [7, 11) is 1.59. The Labute approximate surface area is 133 Å². The van der Waals surface area contributed by atoms with Crippen LogP contribution in [0.5, 0.6) is 11.5 Å².